The SMILES string of the molecule is COc1cccc(CN(C(=O)Cc2ccc(C)cc2)[C@H](Cc2ccccc2)C(=O)NC(C)(C)C)c1. The fraction of sp³-hybridized carbons (Fsp3) is 0.333. The molecule has 0 saturated heterocycles. The zero-order valence-corrected chi connectivity index (χ0v) is 21.4. The van der Waals surface area contributed by atoms with E-state index < -0.39 is 11.6 Å². The molecule has 0 aromatic heterocycles. The van der Waals surface area contributed by atoms with E-state index in [1.165, 1.54) is 0 Å². The molecule has 0 spiro atoms. The first kappa shape index (κ1) is 26.0. The Balaban J connectivity index is 1.99. The molecule has 3 rings (SSSR count). The molecule has 0 fully saturated rings. The second-order valence-corrected chi connectivity index (χ2v) is 9.98. The van der Waals surface area contributed by atoms with E-state index in [0.29, 0.717) is 18.7 Å². The van der Waals surface area contributed by atoms with Gasteiger partial charge in [0.1, 0.15) is 11.8 Å². The van der Waals surface area contributed by atoms with Crippen LogP contribution in [0.5, 0.6) is 5.75 Å². The number of amides is 2. The molecule has 3 aromatic rings. The van der Waals surface area contributed by atoms with E-state index in [0.717, 1.165) is 22.3 Å². The number of benzene rings is 3. The molecule has 1 atom stereocenters. The minimum atomic E-state index is -0.666. The maximum absolute atomic E-state index is 13.8. The van der Waals surface area contributed by atoms with Crippen molar-refractivity contribution in [2.75, 3.05) is 7.11 Å². The van der Waals surface area contributed by atoms with E-state index in [-0.39, 0.29) is 18.2 Å². The van der Waals surface area contributed by atoms with Crippen molar-refractivity contribution in [1.29, 1.82) is 0 Å². The predicted octanol–water partition coefficient (Wildman–Crippen LogP) is 5.10. The molecule has 5 heteroatoms. The second kappa shape index (κ2) is 11.7. The average molecular weight is 473 g/mol. The van der Waals surface area contributed by atoms with E-state index in [4.69, 9.17) is 4.74 Å². The predicted molar refractivity (Wildman–Crippen MR) is 140 cm³/mol. The zero-order valence-electron chi connectivity index (χ0n) is 21.4. The fourth-order valence-electron chi connectivity index (χ4n) is 3.96. The molecule has 0 radical (unpaired) electrons. The fourth-order valence-corrected chi connectivity index (χ4v) is 3.96. The third kappa shape index (κ3) is 7.99. The lowest BCUT2D eigenvalue weighted by atomic mass is 9.99. The van der Waals surface area contributed by atoms with Crippen LogP contribution < -0.4 is 10.1 Å². The Bertz CT molecular complexity index is 1120. The normalized spacial score (nSPS) is 12.0. The van der Waals surface area contributed by atoms with Crippen LogP contribution in [-0.2, 0) is 29.0 Å². The molecule has 0 saturated carbocycles. The highest BCUT2D eigenvalue weighted by Gasteiger charge is 2.32. The molecule has 5 nitrogen and oxygen atoms in total. The summed E-state index contributed by atoms with van der Waals surface area (Å²) in [6, 6.07) is 24.8. The number of hydrogen-bond donors (Lipinski definition) is 1. The molecule has 35 heavy (non-hydrogen) atoms. The van der Waals surface area contributed by atoms with Gasteiger partial charge in [0, 0.05) is 18.5 Å². The van der Waals surface area contributed by atoms with E-state index in [9.17, 15) is 9.59 Å². The highest BCUT2D eigenvalue weighted by Crippen LogP contribution is 2.20. The monoisotopic (exact) mass is 472 g/mol. The zero-order chi connectivity index (χ0) is 25.4. The number of ether oxygens (including phenoxy) is 1. The molecular weight excluding hydrogens is 436 g/mol. The van der Waals surface area contributed by atoms with Gasteiger partial charge in [0.25, 0.3) is 0 Å². The van der Waals surface area contributed by atoms with Crippen molar-refractivity contribution in [2.45, 2.75) is 58.7 Å². The van der Waals surface area contributed by atoms with Crippen molar-refractivity contribution in [1.82, 2.24) is 10.2 Å². The van der Waals surface area contributed by atoms with E-state index in [2.05, 4.69) is 5.32 Å². The summed E-state index contributed by atoms with van der Waals surface area (Å²) in [5.41, 5.74) is 3.55. The minimum Gasteiger partial charge on any atom is -0.497 e. The van der Waals surface area contributed by atoms with E-state index in [1.807, 2.05) is 107 Å². The molecule has 1 N–H and O–H groups in total. The number of nitrogens with zero attached hydrogens (tertiary/aromatic N) is 1. The van der Waals surface area contributed by atoms with Crippen LogP contribution in [0.2, 0.25) is 0 Å². The minimum absolute atomic E-state index is 0.0957. The standard InChI is InChI=1S/C30H36N2O3/c1-22-14-16-24(17-15-22)20-28(33)32(21-25-12-9-13-26(18-25)35-5)27(29(34)31-30(2,3)4)19-23-10-7-6-8-11-23/h6-18,27H,19-21H2,1-5H3,(H,31,34)/t27-/m1/s1. The molecule has 3 aromatic carbocycles. The van der Waals surface area contributed by atoms with Crippen LogP contribution in [0, 0.1) is 6.92 Å². The Morgan fingerprint density at radius 1 is 0.886 bits per heavy atom. The van der Waals surface area contributed by atoms with E-state index in [1.54, 1.807) is 12.0 Å². The lowest BCUT2D eigenvalue weighted by Crippen LogP contribution is -2.54. The molecule has 0 heterocycles. The van der Waals surface area contributed by atoms with Gasteiger partial charge in [-0.1, -0.05) is 72.3 Å². The number of nitrogens with one attached hydrogen (secondary N) is 1. The molecule has 2 amide bonds. The van der Waals surface area contributed by atoms with Crippen molar-refractivity contribution in [3.05, 3.63) is 101 Å². The van der Waals surface area contributed by atoms with Gasteiger partial charge >= 0.3 is 0 Å². The third-order valence-electron chi connectivity index (χ3n) is 5.73. The lowest BCUT2D eigenvalue weighted by molar-refractivity contribution is -0.141. The second-order valence-electron chi connectivity index (χ2n) is 9.98. The smallest absolute Gasteiger partial charge is 0.243 e. The van der Waals surface area contributed by atoms with Gasteiger partial charge in [-0.05, 0) is 56.5 Å². The van der Waals surface area contributed by atoms with Crippen LogP contribution in [0.3, 0.4) is 0 Å². The van der Waals surface area contributed by atoms with Gasteiger partial charge in [0.2, 0.25) is 11.8 Å². The van der Waals surface area contributed by atoms with Crippen LogP contribution >= 0.6 is 0 Å². The van der Waals surface area contributed by atoms with Crippen molar-refractivity contribution < 1.29 is 14.3 Å². The largest absolute Gasteiger partial charge is 0.497 e. The van der Waals surface area contributed by atoms with Crippen molar-refractivity contribution in [3.8, 4) is 5.75 Å². The summed E-state index contributed by atoms with van der Waals surface area (Å²) >= 11 is 0. The Kier molecular flexibility index (Phi) is 8.69. The first-order valence-corrected chi connectivity index (χ1v) is 12.0. The van der Waals surface area contributed by atoms with Gasteiger partial charge in [-0.2, -0.15) is 0 Å². The summed E-state index contributed by atoms with van der Waals surface area (Å²) < 4.78 is 5.39. The molecular formula is C30H36N2O3. The van der Waals surface area contributed by atoms with Gasteiger partial charge in [-0.15, -0.1) is 0 Å². The van der Waals surface area contributed by atoms with Crippen molar-refractivity contribution in [2.24, 2.45) is 0 Å². The molecule has 0 aliphatic rings. The van der Waals surface area contributed by atoms with Crippen LogP contribution in [0.4, 0.5) is 0 Å². The summed E-state index contributed by atoms with van der Waals surface area (Å²) in [6.07, 6.45) is 0.644. The highest BCUT2D eigenvalue weighted by atomic mass is 16.5. The van der Waals surface area contributed by atoms with E-state index >= 15 is 0 Å². The van der Waals surface area contributed by atoms with Crippen LogP contribution in [0.15, 0.2) is 78.9 Å². The van der Waals surface area contributed by atoms with Gasteiger partial charge in [-0.3, -0.25) is 9.59 Å². The first-order valence-electron chi connectivity index (χ1n) is 12.0. The average Bonchev–Trinajstić information content (AvgIpc) is 2.82. The lowest BCUT2D eigenvalue weighted by Gasteiger charge is -2.34. The molecule has 0 unspecified atom stereocenters. The summed E-state index contributed by atoms with van der Waals surface area (Å²) in [5, 5.41) is 3.10. The number of methoxy groups -OCH3 is 1. The van der Waals surface area contributed by atoms with Gasteiger partial charge in [0.15, 0.2) is 0 Å². The molecule has 0 aliphatic carbocycles. The number of aryl methyl sites for hydroxylation is 1. The topological polar surface area (TPSA) is 58.6 Å². The Labute approximate surface area is 209 Å². The van der Waals surface area contributed by atoms with Crippen LogP contribution in [0.25, 0.3) is 0 Å². The summed E-state index contributed by atoms with van der Waals surface area (Å²) in [7, 11) is 1.62. The number of carbonyl (C=O) groups excluding carboxylic acids is 2. The van der Waals surface area contributed by atoms with Crippen LogP contribution in [0.1, 0.15) is 43.0 Å². The number of rotatable bonds is 9. The molecule has 184 valence electrons. The first-order chi connectivity index (χ1) is 16.6. The van der Waals surface area contributed by atoms with Gasteiger partial charge in [-0.25, -0.2) is 0 Å². The van der Waals surface area contributed by atoms with Gasteiger partial charge in [0.05, 0.1) is 13.5 Å². The highest BCUT2D eigenvalue weighted by molar-refractivity contribution is 5.89. The maximum atomic E-state index is 13.8. The quantitative estimate of drug-likeness (QED) is 0.471. The summed E-state index contributed by atoms with van der Waals surface area (Å²) in [4.78, 5) is 29.1. The van der Waals surface area contributed by atoms with Crippen molar-refractivity contribution in [3.63, 3.8) is 0 Å². The van der Waals surface area contributed by atoms with Crippen molar-refractivity contribution >= 4 is 11.8 Å². The Morgan fingerprint density at radius 3 is 2.17 bits per heavy atom. The number of hydrogen-bond acceptors (Lipinski definition) is 3. The molecule has 0 aliphatic heterocycles. The number of carbonyl (C=O) groups is 2. The molecule has 0 bridgehead atoms. The summed E-state index contributed by atoms with van der Waals surface area (Å²) in [6.45, 7) is 8.17. The maximum Gasteiger partial charge on any atom is 0.243 e. The summed E-state index contributed by atoms with van der Waals surface area (Å²) in [5.74, 6) is 0.454. The van der Waals surface area contributed by atoms with Gasteiger partial charge < -0.3 is 15.0 Å². The van der Waals surface area contributed by atoms with Crippen LogP contribution in [-0.4, -0.2) is 35.4 Å². The third-order valence-corrected chi connectivity index (χ3v) is 5.73. The Morgan fingerprint density at radius 2 is 1.54 bits per heavy atom. The Hall–Kier alpha value is -3.60.